The first-order valence-electron chi connectivity index (χ1n) is 6.48. The molecule has 0 aliphatic heterocycles. The van der Waals surface area contributed by atoms with E-state index in [1.165, 1.54) is 0 Å². The van der Waals surface area contributed by atoms with Gasteiger partial charge in [-0.1, -0.05) is 0 Å². The van der Waals surface area contributed by atoms with Gasteiger partial charge in [-0.25, -0.2) is 28.3 Å². The van der Waals surface area contributed by atoms with Gasteiger partial charge in [-0.3, -0.25) is 0 Å². The number of rotatable bonds is 3. The quantitative estimate of drug-likeness (QED) is 0.689. The van der Waals surface area contributed by atoms with E-state index in [-0.39, 0.29) is 36.2 Å². The van der Waals surface area contributed by atoms with E-state index in [9.17, 15) is 18.4 Å². The van der Waals surface area contributed by atoms with Gasteiger partial charge in [0.2, 0.25) is 0 Å². The zero-order valence-electron chi connectivity index (χ0n) is 12.9. The number of nitrogens with two attached hydrogens (primary N) is 2. The lowest BCUT2D eigenvalue weighted by Crippen LogP contribution is -2.08. The standard InChI is InChI=1S/C8H9FN2O2.C6H5FN2O2.ClH/c1-2-13-8(12)5-3-7(10)11-4-6(5)9;7-4-2-9-5(8)1-3(4)6(10)11;/h3-4H,2H2,1H3,(H2,10,11);1-2H,(H2,8,9)(H,10,11);1H. The lowest BCUT2D eigenvalue weighted by molar-refractivity contribution is 0.0520. The fourth-order valence-corrected chi connectivity index (χ4v) is 1.44. The van der Waals surface area contributed by atoms with Gasteiger partial charge in [0.1, 0.15) is 22.8 Å². The summed E-state index contributed by atoms with van der Waals surface area (Å²) >= 11 is 0. The number of carboxylic acid groups (broad SMARTS) is 1. The lowest BCUT2D eigenvalue weighted by Gasteiger charge is -2.02. The highest BCUT2D eigenvalue weighted by molar-refractivity contribution is 5.90. The van der Waals surface area contributed by atoms with Gasteiger partial charge in [-0.05, 0) is 19.1 Å². The Kier molecular flexibility index (Phi) is 8.78. The van der Waals surface area contributed by atoms with E-state index in [4.69, 9.17) is 16.6 Å². The normalized spacial score (nSPS) is 9.24. The van der Waals surface area contributed by atoms with Gasteiger partial charge >= 0.3 is 11.9 Å². The van der Waals surface area contributed by atoms with Crippen LogP contribution in [0.25, 0.3) is 0 Å². The number of nitrogen functional groups attached to an aromatic ring is 2. The first-order valence-corrected chi connectivity index (χ1v) is 6.48. The highest BCUT2D eigenvalue weighted by atomic mass is 35.5. The van der Waals surface area contributed by atoms with E-state index >= 15 is 0 Å². The molecule has 2 heterocycles. The average molecular weight is 377 g/mol. The van der Waals surface area contributed by atoms with Crippen LogP contribution in [0.15, 0.2) is 24.5 Å². The van der Waals surface area contributed by atoms with Crippen LogP contribution in [-0.2, 0) is 4.74 Å². The van der Waals surface area contributed by atoms with E-state index < -0.39 is 29.1 Å². The molecule has 0 unspecified atom stereocenters. The minimum absolute atomic E-state index is 0. The van der Waals surface area contributed by atoms with E-state index in [2.05, 4.69) is 14.7 Å². The molecule has 0 aliphatic carbocycles. The summed E-state index contributed by atoms with van der Waals surface area (Å²) in [7, 11) is 0. The molecule has 0 amide bonds. The summed E-state index contributed by atoms with van der Waals surface area (Å²) in [6, 6.07) is 2.12. The van der Waals surface area contributed by atoms with Crippen molar-refractivity contribution in [3.63, 3.8) is 0 Å². The summed E-state index contributed by atoms with van der Waals surface area (Å²) in [4.78, 5) is 28.2. The van der Waals surface area contributed by atoms with Gasteiger partial charge < -0.3 is 21.3 Å². The van der Waals surface area contributed by atoms with Crippen LogP contribution in [0, 0.1) is 11.6 Å². The van der Waals surface area contributed by atoms with Crippen LogP contribution in [0.4, 0.5) is 20.4 Å². The number of pyridine rings is 2. The number of ether oxygens (including phenoxy) is 1. The molecule has 8 nitrogen and oxygen atoms in total. The molecule has 0 atom stereocenters. The summed E-state index contributed by atoms with van der Waals surface area (Å²) in [5, 5.41) is 8.37. The number of anilines is 2. The number of esters is 1. The molecule has 0 aromatic carbocycles. The second-order valence-corrected chi connectivity index (χ2v) is 4.20. The molecule has 0 fully saturated rings. The Morgan fingerprint density at radius 1 is 1.08 bits per heavy atom. The zero-order chi connectivity index (χ0) is 18.3. The molecule has 0 bridgehead atoms. The molecule has 2 rings (SSSR count). The largest absolute Gasteiger partial charge is 0.478 e. The fourth-order valence-electron chi connectivity index (χ4n) is 1.44. The predicted molar refractivity (Wildman–Crippen MR) is 87.4 cm³/mol. The van der Waals surface area contributed by atoms with Crippen molar-refractivity contribution in [2.24, 2.45) is 0 Å². The second-order valence-electron chi connectivity index (χ2n) is 4.20. The van der Waals surface area contributed by atoms with Gasteiger partial charge in [0, 0.05) is 0 Å². The van der Waals surface area contributed by atoms with Gasteiger partial charge in [-0.2, -0.15) is 0 Å². The summed E-state index contributed by atoms with van der Waals surface area (Å²) in [5.74, 6) is -3.61. The molecular formula is C14H15ClF2N4O4. The van der Waals surface area contributed by atoms with Crippen molar-refractivity contribution in [1.29, 1.82) is 0 Å². The molecule has 2 aromatic heterocycles. The number of aromatic carboxylic acids is 1. The Hall–Kier alpha value is -3.01. The SMILES string of the molecule is CCOC(=O)c1cc(N)ncc1F.Cl.Nc1cc(C(=O)O)c(F)cn1. The van der Waals surface area contributed by atoms with Crippen molar-refractivity contribution < 1.29 is 28.2 Å². The van der Waals surface area contributed by atoms with Gasteiger partial charge in [0.05, 0.1) is 19.0 Å². The molecular weight excluding hydrogens is 362 g/mol. The first-order chi connectivity index (χ1) is 11.3. The third-order valence-corrected chi connectivity index (χ3v) is 2.48. The molecule has 0 radical (unpaired) electrons. The molecule has 25 heavy (non-hydrogen) atoms. The van der Waals surface area contributed by atoms with Crippen LogP contribution < -0.4 is 11.5 Å². The van der Waals surface area contributed by atoms with Crippen molar-refractivity contribution in [2.45, 2.75) is 6.92 Å². The number of aromatic nitrogens is 2. The maximum Gasteiger partial charge on any atom is 0.341 e. The molecule has 5 N–H and O–H groups in total. The molecule has 0 saturated carbocycles. The van der Waals surface area contributed by atoms with E-state index in [0.29, 0.717) is 0 Å². The van der Waals surface area contributed by atoms with E-state index in [0.717, 1.165) is 24.5 Å². The summed E-state index contributed by atoms with van der Waals surface area (Å²) in [5.41, 5.74) is 9.75. The molecule has 0 spiro atoms. The van der Waals surface area contributed by atoms with Crippen molar-refractivity contribution in [2.75, 3.05) is 18.1 Å². The number of carbonyl (C=O) groups is 2. The molecule has 2 aromatic rings. The van der Waals surface area contributed by atoms with Gasteiger partial charge in [0.25, 0.3) is 0 Å². The Balaban J connectivity index is 0.000000449. The number of hydrogen-bond acceptors (Lipinski definition) is 7. The van der Waals surface area contributed by atoms with Crippen molar-refractivity contribution >= 4 is 36.0 Å². The topological polar surface area (TPSA) is 141 Å². The third kappa shape index (κ3) is 6.55. The number of carboxylic acids is 1. The van der Waals surface area contributed by atoms with Crippen LogP contribution in [0.3, 0.4) is 0 Å². The molecule has 11 heteroatoms. The molecule has 0 saturated heterocycles. The Morgan fingerprint density at radius 3 is 1.92 bits per heavy atom. The number of halogens is 3. The monoisotopic (exact) mass is 376 g/mol. The molecule has 0 aliphatic rings. The Morgan fingerprint density at radius 2 is 1.52 bits per heavy atom. The number of hydrogen-bond donors (Lipinski definition) is 3. The van der Waals surface area contributed by atoms with Crippen molar-refractivity contribution in [3.8, 4) is 0 Å². The van der Waals surface area contributed by atoms with Crippen molar-refractivity contribution in [1.82, 2.24) is 9.97 Å². The van der Waals surface area contributed by atoms with Gasteiger partial charge in [-0.15, -0.1) is 12.4 Å². The Labute approximate surface area is 147 Å². The van der Waals surface area contributed by atoms with Crippen molar-refractivity contribution in [3.05, 3.63) is 47.3 Å². The van der Waals surface area contributed by atoms with E-state index in [1.54, 1.807) is 6.92 Å². The van der Waals surface area contributed by atoms with Crippen LogP contribution in [0.5, 0.6) is 0 Å². The lowest BCUT2D eigenvalue weighted by atomic mass is 10.2. The number of carbonyl (C=O) groups excluding carboxylic acids is 1. The minimum atomic E-state index is -1.35. The van der Waals surface area contributed by atoms with Crippen LogP contribution in [0.1, 0.15) is 27.6 Å². The van der Waals surface area contributed by atoms with Crippen LogP contribution in [0.2, 0.25) is 0 Å². The summed E-state index contributed by atoms with van der Waals surface area (Å²) in [6.07, 6.45) is 1.67. The predicted octanol–water partition coefficient (Wildman–Crippen LogP) is 1.90. The minimum Gasteiger partial charge on any atom is -0.478 e. The first kappa shape index (κ1) is 22.0. The highest BCUT2D eigenvalue weighted by Gasteiger charge is 2.13. The van der Waals surface area contributed by atoms with Crippen LogP contribution >= 0.6 is 12.4 Å². The average Bonchev–Trinajstić information content (AvgIpc) is 2.52. The second kappa shape index (κ2) is 9.98. The van der Waals surface area contributed by atoms with E-state index in [1.807, 2.05) is 0 Å². The smallest absolute Gasteiger partial charge is 0.341 e. The van der Waals surface area contributed by atoms with Crippen LogP contribution in [-0.4, -0.2) is 33.6 Å². The summed E-state index contributed by atoms with van der Waals surface area (Å²) < 4.78 is 30.0. The molecule has 136 valence electrons. The zero-order valence-corrected chi connectivity index (χ0v) is 13.7. The fraction of sp³-hybridized carbons (Fsp3) is 0.143. The maximum atomic E-state index is 12.9. The summed E-state index contributed by atoms with van der Waals surface area (Å²) in [6.45, 7) is 1.83. The third-order valence-electron chi connectivity index (χ3n) is 2.48. The van der Waals surface area contributed by atoms with Gasteiger partial charge in [0.15, 0.2) is 11.6 Å². The highest BCUT2D eigenvalue weighted by Crippen LogP contribution is 2.10. The Bertz CT molecular complexity index is 762. The number of nitrogens with zero attached hydrogens (tertiary/aromatic N) is 2. The maximum absolute atomic E-state index is 12.9.